The summed E-state index contributed by atoms with van der Waals surface area (Å²) in [5, 5.41) is 10.2. The molecular formula is C20H29N5O2. The van der Waals surface area contributed by atoms with Crippen LogP contribution in [-0.4, -0.2) is 51.9 Å². The van der Waals surface area contributed by atoms with Crippen LogP contribution in [0, 0.1) is 6.92 Å². The van der Waals surface area contributed by atoms with Crippen molar-refractivity contribution in [1.29, 1.82) is 0 Å². The Morgan fingerprint density at radius 3 is 3.04 bits per heavy atom. The number of amides is 2. The molecule has 7 heteroatoms. The number of nitrogens with one attached hydrogen (secondary N) is 2. The minimum atomic E-state index is -0.0125. The van der Waals surface area contributed by atoms with Crippen LogP contribution in [0.2, 0.25) is 0 Å². The van der Waals surface area contributed by atoms with Crippen LogP contribution < -0.4 is 10.1 Å². The van der Waals surface area contributed by atoms with Crippen LogP contribution in [0.3, 0.4) is 0 Å². The predicted octanol–water partition coefficient (Wildman–Crippen LogP) is 3.03. The number of hydrogen-bond donors (Lipinski definition) is 2. The summed E-state index contributed by atoms with van der Waals surface area (Å²) in [6, 6.07) is 8.03. The molecule has 1 aliphatic heterocycles. The van der Waals surface area contributed by atoms with Gasteiger partial charge in [0.25, 0.3) is 0 Å². The van der Waals surface area contributed by atoms with Gasteiger partial charge in [-0.25, -0.2) is 9.78 Å². The van der Waals surface area contributed by atoms with Crippen LogP contribution in [-0.2, 0) is 6.42 Å². The molecule has 0 bridgehead atoms. The van der Waals surface area contributed by atoms with Crippen molar-refractivity contribution in [3.63, 3.8) is 0 Å². The highest BCUT2D eigenvalue weighted by atomic mass is 16.5. The Balaban J connectivity index is 1.47. The molecule has 146 valence electrons. The number of H-pyrrole nitrogens is 1. The second kappa shape index (κ2) is 8.88. The lowest BCUT2D eigenvalue weighted by Crippen LogP contribution is -2.45. The van der Waals surface area contributed by atoms with Crippen molar-refractivity contribution in [1.82, 2.24) is 25.4 Å². The second-order valence-corrected chi connectivity index (χ2v) is 7.36. The molecular weight excluding hydrogens is 342 g/mol. The maximum absolute atomic E-state index is 12.5. The molecule has 2 heterocycles. The molecule has 2 amide bonds. The van der Waals surface area contributed by atoms with Crippen LogP contribution in [0.1, 0.15) is 49.8 Å². The molecule has 3 rings (SSSR count). The summed E-state index contributed by atoms with van der Waals surface area (Å²) in [6.07, 6.45) is 2.92. The maximum atomic E-state index is 12.5. The average Bonchev–Trinajstić information content (AvgIpc) is 3.08. The van der Waals surface area contributed by atoms with E-state index in [9.17, 15) is 4.79 Å². The van der Waals surface area contributed by atoms with Gasteiger partial charge in [-0.15, -0.1) is 0 Å². The molecule has 0 radical (unpaired) electrons. The Kier molecular flexibility index (Phi) is 6.32. The third kappa shape index (κ3) is 5.45. The second-order valence-electron chi connectivity index (χ2n) is 7.36. The van der Waals surface area contributed by atoms with E-state index in [0.29, 0.717) is 13.1 Å². The number of piperidine rings is 1. The van der Waals surface area contributed by atoms with Crippen molar-refractivity contribution in [3.8, 4) is 5.75 Å². The number of hydrogen-bond acceptors (Lipinski definition) is 4. The van der Waals surface area contributed by atoms with Gasteiger partial charge in [0.2, 0.25) is 0 Å². The molecule has 7 nitrogen and oxygen atoms in total. The van der Waals surface area contributed by atoms with E-state index in [1.165, 1.54) is 0 Å². The summed E-state index contributed by atoms with van der Waals surface area (Å²) < 4.78 is 5.72. The van der Waals surface area contributed by atoms with Crippen molar-refractivity contribution in [2.75, 3.05) is 19.6 Å². The fourth-order valence-corrected chi connectivity index (χ4v) is 3.39. The number of nitrogens with zero attached hydrogens (tertiary/aromatic N) is 3. The Labute approximate surface area is 160 Å². The van der Waals surface area contributed by atoms with E-state index in [2.05, 4.69) is 26.6 Å². The largest absolute Gasteiger partial charge is 0.491 e. The van der Waals surface area contributed by atoms with Gasteiger partial charge in [-0.3, -0.25) is 5.10 Å². The normalized spacial score (nSPS) is 17.2. The number of urea groups is 1. The number of aryl methyl sites for hydroxylation is 1. The van der Waals surface area contributed by atoms with Crippen LogP contribution in [0.5, 0.6) is 5.75 Å². The van der Waals surface area contributed by atoms with Crippen LogP contribution in [0.15, 0.2) is 24.3 Å². The Hall–Kier alpha value is -2.57. The number of carbonyl (C=O) groups excluding carboxylic acids is 1. The van der Waals surface area contributed by atoms with Gasteiger partial charge in [-0.1, -0.05) is 12.1 Å². The lowest BCUT2D eigenvalue weighted by atomic mass is 9.98. The molecule has 0 saturated carbocycles. The molecule has 27 heavy (non-hydrogen) atoms. The number of aromatic amines is 1. The smallest absolute Gasteiger partial charge is 0.317 e. The quantitative estimate of drug-likeness (QED) is 0.818. The summed E-state index contributed by atoms with van der Waals surface area (Å²) in [5.74, 6) is 2.70. The molecule has 1 aromatic heterocycles. The summed E-state index contributed by atoms with van der Waals surface area (Å²) >= 11 is 0. The molecule has 1 atom stereocenters. The van der Waals surface area contributed by atoms with Gasteiger partial charge in [-0.2, -0.15) is 5.10 Å². The summed E-state index contributed by atoms with van der Waals surface area (Å²) in [7, 11) is 0. The fraction of sp³-hybridized carbons (Fsp3) is 0.550. The number of likely N-dealkylation sites (tertiary alicyclic amines) is 1. The molecule has 1 aromatic carbocycles. The number of ether oxygens (including phenoxy) is 1. The molecule has 0 unspecified atom stereocenters. The zero-order chi connectivity index (χ0) is 19.2. The fourth-order valence-electron chi connectivity index (χ4n) is 3.39. The lowest BCUT2D eigenvalue weighted by molar-refractivity contribution is 0.178. The standard InChI is InChI=1S/C20H29N5O2/c1-14(2)27-18-8-4-6-16(12-18)9-10-21-20(26)25-11-5-7-17(13-25)19-22-15(3)23-24-19/h4,6,8,12,14,17H,5,7,9-11,13H2,1-3H3,(H,21,26)(H,22,23,24)/t17-/m1/s1. The first-order valence-electron chi connectivity index (χ1n) is 9.68. The first-order valence-corrected chi connectivity index (χ1v) is 9.68. The minimum Gasteiger partial charge on any atom is -0.491 e. The van der Waals surface area contributed by atoms with E-state index < -0.39 is 0 Å². The highest BCUT2D eigenvalue weighted by molar-refractivity contribution is 5.74. The van der Waals surface area contributed by atoms with Crippen LogP contribution in [0.25, 0.3) is 0 Å². The Morgan fingerprint density at radius 2 is 2.30 bits per heavy atom. The predicted molar refractivity (Wildman–Crippen MR) is 104 cm³/mol. The maximum Gasteiger partial charge on any atom is 0.317 e. The van der Waals surface area contributed by atoms with E-state index >= 15 is 0 Å². The van der Waals surface area contributed by atoms with E-state index in [0.717, 1.165) is 48.8 Å². The Bertz CT molecular complexity index is 758. The average molecular weight is 371 g/mol. The topological polar surface area (TPSA) is 83.1 Å². The van der Waals surface area contributed by atoms with Crippen LogP contribution in [0.4, 0.5) is 4.79 Å². The highest BCUT2D eigenvalue weighted by Gasteiger charge is 2.26. The van der Waals surface area contributed by atoms with Crippen molar-refractivity contribution in [3.05, 3.63) is 41.5 Å². The zero-order valence-electron chi connectivity index (χ0n) is 16.4. The van der Waals surface area contributed by atoms with Crippen molar-refractivity contribution in [2.24, 2.45) is 0 Å². The Morgan fingerprint density at radius 1 is 1.44 bits per heavy atom. The summed E-state index contributed by atoms with van der Waals surface area (Å²) in [4.78, 5) is 18.8. The van der Waals surface area contributed by atoms with Crippen molar-refractivity contribution in [2.45, 2.75) is 52.1 Å². The van der Waals surface area contributed by atoms with E-state index in [-0.39, 0.29) is 18.1 Å². The number of benzene rings is 1. The molecule has 0 spiro atoms. The molecule has 0 aliphatic carbocycles. The molecule has 2 aromatic rings. The molecule has 1 fully saturated rings. The van der Waals surface area contributed by atoms with Gasteiger partial charge in [0.15, 0.2) is 5.82 Å². The van der Waals surface area contributed by atoms with Crippen molar-refractivity contribution >= 4 is 6.03 Å². The SMILES string of the molecule is Cc1nc([C@@H]2CCCN(C(=O)NCCc3cccc(OC(C)C)c3)C2)n[nH]1. The molecule has 2 N–H and O–H groups in total. The molecule has 1 saturated heterocycles. The van der Waals surface area contributed by atoms with Crippen LogP contribution >= 0.6 is 0 Å². The number of aromatic nitrogens is 3. The monoisotopic (exact) mass is 371 g/mol. The van der Waals surface area contributed by atoms with Gasteiger partial charge in [0, 0.05) is 25.6 Å². The lowest BCUT2D eigenvalue weighted by Gasteiger charge is -2.31. The van der Waals surface area contributed by atoms with E-state index in [1.807, 2.05) is 43.9 Å². The first kappa shape index (κ1) is 19.2. The molecule has 1 aliphatic rings. The third-order valence-electron chi connectivity index (χ3n) is 4.65. The minimum absolute atomic E-state index is 0.0125. The number of rotatable bonds is 6. The highest BCUT2D eigenvalue weighted by Crippen LogP contribution is 2.24. The van der Waals surface area contributed by atoms with Crippen molar-refractivity contribution < 1.29 is 9.53 Å². The summed E-state index contributed by atoms with van der Waals surface area (Å²) in [5.41, 5.74) is 1.15. The van der Waals surface area contributed by atoms with Gasteiger partial charge in [0.1, 0.15) is 11.6 Å². The first-order chi connectivity index (χ1) is 13.0. The zero-order valence-corrected chi connectivity index (χ0v) is 16.4. The third-order valence-corrected chi connectivity index (χ3v) is 4.65. The van der Waals surface area contributed by atoms with Gasteiger partial charge < -0.3 is 15.0 Å². The summed E-state index contributed by atoms with van der Waals surface area (Å²) in [6.45, 7) is 7.97. The van der Waals surface area contributed by atoms with E-state index in [1.54, 1.807) is 0 Å². The van der Waals surface area contributed by atoms with E-state index in [4.69, 9.17) is 4.74 Å². The van der Waals surface area contributed by atoms with Gasteiger partial charge in [0.05, 0.1) is 6.10 Å². The van der Waals surface area contributed by atoms with Gasteiger partial charge in [-0.05, 0) is 57.7 Å². The number of carbonyl (C=O) groups is 1. The van der Waals surface area contributed by atoms with Gasteiger partial charge >= 0.3 is 6.03 Å².